The number of fused-ring (bicyclic) bond motifs is 2. The zero-order chi connectivity index (χ0) is 43.0. The van der Waals surface area contributed by atoms with E-state index in [0.717, 1.165) is 56.0 Å². The van der Waals surface area contributed by atoms with Crippen LogP contribution in [0.3, 0.4) is 0 Å². The predicted molar refractivity (Wildman–Crippen MR) is 231 cm³/mol. The highest BCUT2D eigenvalue weighted by Gasteiger charge is 2.47. The number of imide groups is 1. The van der Waals surface area contributed by atoms with Gasteiger partial charge < -0.3 is 14.4 Å². The summed E-state index contributed by atoms with van der Waals surface area (Å²) < 4.78 is 56.9. The largest absolute Gasteiger partial charge is 0.451 e. The molecule has 4 heterocycles. The molecule has 2 saturated carbocycles. The van der Waals surface area contributed by atoms with E-state index in [4.69, 9.17) is 4.74 Å². The first-order valence-electron chi connectivity index (χ1n) is 21.1. The maximum Gasteiger partial charge on any atom is 0.329 e. The van der Waals surface area contributed by atoms with Crippen molar-refractivity contribution in [1.29, 1.82) is 0 Å². The molecule has 4 aliphatic rings. The van der Waals surface area contributed by atoms with Gasteiger partial charge in [-0.2, -0.15) is 5.10 Å². The van der Waals surface area contributed by atoms with Gasteiger partial charge >= 0.3 is 6.03 Å². The van der Waals surface area contributed by atoms with Crippen molar-refractivity contribution >= 4 is 57.4 Å². The standard InChI is InChI=1S/C32H41F2N5O2S.C12H11FN4O2/c1-4-37(3)42-36-28-12-10-26(33)30(29(28)34)41-24-9-11-27-25(17-24)31(40)39(20-35-27)23-18-32(19-23)13-15-38(16-14-32)22-7-5-21(2)6-8-22;1-16-9-3-2-7(13)6-8(9)11(15-16)17-5-4-10(18)14-12(17)19/h9-12,17,20-23,36H,4-8,13-16,18-19H2,1-3H3;2-3,6H,4-5H2,1H3,(H,14,18,19). The van der Waals surface area contributed by atoms with Gasteiger partial charge in [-0.15, -0.1) is 0 Å². The zero-order valence-corrected chi connectivity index (χ0v) is 35.7. The first kappa shape index (κ1) is 42.6. The Labute approximate surface area is 356 Å². The summed E-state index contributed by atoms with van der Waals surface area (Å²) in [6, 6.07) is 11.9. The second-order valence-electron chi connectivity index (χ2n) is 17.0. The maximum absolute atomic E-state index is 15.2. The molecule has 61 heavy (non-hydrogen) atoms. The number of carbonyl (C=O) groups excluding carboxylic acids is 2. The normalized spacial score (nSPS) is 20.8. The second-order valence-corrected chi connectivity index (χ2v) is 18.0. The van der Waals surface area contributed by atoms with Crippen LogP contribution in [0, 0.1) is 28.8 Å². The average Bonchev–Trinajstić information content (AvgIpc) is 3.56. The molecule has 4 fully saturated rings. The number of piperidine rings is 1. The number of amides is 3. The van der Waals surface area contributed by atoms with E-state index < -0.39 is 29.2 Å². The van der Waals surface area contributed by atoms with Crippen LogP contribution in [0.5, 0.6) is 11.5 Å². The van der Waals surface area contributed by atoms with Crippen LogP contribution in [0.2, 0.25) is 0 Å². The number of rotatable bonds is 9. The number of likely N-dealkylation sites (tertiary alicyclic amines) is 1. The van der Waals surface area contributed by atoms with E-state index in [1.54, 1.807) is 40.8 Å². The molecule has 0 atom stereocenters. The van der Waals surface area contributed by atoms with Crippen LogP contribution in [-0.4, -0.2) is 79.7 Å². The van der Waals surface area contributed by atoms with E-state index in [1.165, 1.54) is 79.8 Å². The number of nitrogens with zero attached hydrogens (tertiary/aromatic N) is 7. The number of aryl methyl sites for hydroxylation is 1. The number of nitrogens with one attached hydrogen (secondary N) is 2. The monoisotopic (exact) mass is 859 g/mol. The van der Waals surface area contributed by atoms with E-state index >= 15 is 4.39 Å². The van der Waals surface area contributed by atoms with Crippen molar-refractivity contribution in [2.45, 2.75) is 83.7 Å². The molecular weight excluding hydrogens is 808 g/mol. The van der Waals surface area contributed by atoms with Gasteiger partial charge in [0.1, 0.15) is 11.6 Å². The molecule has 2 aliphatic carbocycles. The lowest BCUT2D eigenvalue weighted by molar-refractivity contribution is -0.120. The number of halogens is 3. The second kappa shape index (κ2) is 17.7. The third kappa shape index (κ3) is 8.96. The smallest absolute Gasteiger partial charge is 0.329 e. The summed E-state index contributed by atoms with van der Waals surface area (Å²) in [6.07, 6.45) is 11.6. The molecule has 5 aromatic rings. The van der Waals surface area contributed by atoms with Gasteiger partial charge in [0.25, 0.3) is 5.56 Å². The van der Waals surface area contributed by atoms with Gasteiger partial charge in [-0.3, -0.25) is 29.1 Å². The van der Waals surface area contributed by atoms with Gasteiger partial charge in [0, 0.05) is 56.2 Å². The quantitative estimate of drug-likeness (QED) is 0.139. The molecule has 13 nitrogen and oxygen atoms in total. The van der Waals surface area contributed by atoms with E-state index in [0.29, 0.717) is 27.5 Å². The van der Waals surface area contributed by atoms with Crippen molar-refractivity contribution in [2.24, 2.45) is 18.4 Å². The van der Waals surface area contributed by atoms with Crippen LogP contribution >= 0.6 is 12.1 Å². The molecule has 17 heteroatoms. The molecule has 0 bridgehead atoms. The van der Waals surface area contributed by atoms with Crippen LogP contribution in [-0.2, 0) is 11.8 Å². The summed E-state index contributed by atoms with van der Waals surface area (Å²) >= 11 is 1.21. The Morgan fingerprint density at radius 1 is 0.951 bits per heavy atom. The minimum absolute atomic E-state index is 0.111. The Kier molecular flexibility index (Phi) is 12.3. The fourth-order valence-corrected chi connectivity index (χ4v) is 9.69. The molecule has 3 amide bonds. The minimum atomic E-state index is -0.834. The third-order valence-electron chi connectivity index (χ3n) is 13.0. The maximum atomic E-state index is 15.2. The zero-order valence-electron chi connectivity index (χ0n) is 34.9. The molecule has 2 saturated heterocycles. The summed E-state index contributed by atoms with van der Waals surface area (Å²) in [4.78, 5) is 45.1. The number of hydrogen-bond donors (Lipinski definition) is 2. The number of ether oxygens (including phenoxy) is 1. The highest BCUT2D eigenvalue weighted by Crippen LogP contribution is 2.55. The highest BCUT2D eigenvalue weighted by atomic mass is 32.2. The number of aromatic nitrogens is 4. The van der Waals surface area contributed by atoms with Crippen LogP contribution in [0.4, 0.5) is 29.5 Å². The summed E-state index contributed by atoms with van der Waals surface area (Å²) in [5.74, 6) is -1.46. The Morgan fingerprint density at radius 2 is 1.70 bits per heavy atom. The molecular formula is C44H52F3N9O4S. The number of urea groups is 1. The van der Waals surface area contributed by atoms with E-state index in [1.807, 2.05) is 18.3 Å². The fourth-order valence-electron chi connectivity index (χ4n) is 9.15. The lowest BCUT2D eigenvalue weighted by Gasteiger charge is -2.54. The van der Waals surface area contributed by atoms with Crippen molar-refractivity contribution in [1.82, 2.24) is 33.9 Å². The predicted octanol–water partition coefficient (Wildman–Crippen LogP) is 8.55. The van der Waals surface area contributed by atoms with Crippen molar-refractivity contribution < 1.29 is 27.5 Å². The van der Waals surface area contributed by atoms with Crippen molar-refractivity contribution in [3.63, 3.8) is 0 Å². The van der Waals surface area contributed by atoms with Crippen LogP contribution in [0.15, 0.2) is 59.7 Å². The molecule has 1 spiro atoms. The number of benzene rings is 3. The van der Waals surface area contributed by atoms with E-state index in [-0.39, 0.29) is 41.9 Å². The highest BCUT2D eigenvalue weighted by molar-refractivity contribution is 7.98. The summed E-state index contributed by atoms with van der Waals surface area (Å²) in [5.41, 5.74) is 1.54. The van der Waals surface area contributed by atoms with Crippen molar-refractivity contribution in [2.75, 3.05) is 42.8 Å². The number of hydrogen-bond acceptors (Lipinski definition) is 10. The Bertz CT molecular complexity index is 2490. The van der Waals surface area contributed by atoms with Gasteiger partial charge in [0.2, 0.25) is 11.7 Å². The summed E-state index contributed by atoms with van der Waals surface area (Å²) in [6.45, 7) is 7.65. The lowest BCUT2D eigenvalue weighted by Crippen LogP contribution is -2.51. The molecule has 324 valence electrons. The van der Waals surface area contributed by atoms with Crippen LogP contribution < -0.4 is 25.2 Å². The molecule has 9 rings (SSSR count). The van der Waals surface area contributed by atoms with E-state index in [9.17, 15) is 23.2 Å². The minimum Gasteiger partial charge on any atom is -0.451 e. The van der Waals surface area contributed by atoms with Gasteiger partial charge in [-0.1, -0.05) is 13.8 Å². The topological polar surface area (TPSA) is 130 Å². The van der Waals surface area contributed by atoms with Gasteiger partial charge in [-0.05, 0) is 131 Å². The molecule has 0 radical (unpaired) electrons. The first-order valence-corrected chi connectivity index (χ1v) is 21.9. The lowest BCUT2D eigenvalue weighted by atomic mass is 9.60. The van der Waals surface area contributed by atoms with Crippen LogP contribution in [0.25, 0.3) is 21.8 Å². The van der Waals surface area contributed by atoms with Gasteiger partial charge in [-0.25, -0.2) is 27.3 Å². The van der Waals surface area contributed by atoms with E-state index in [2.05, 4.69) is 31.9 Å². The molecule has 2 N–H and O–H groups in total. The van der Waals surface area contributed by atoms with Gasteiger partial charge in [0.15, 0.2) is 17.5 Å². The van der Waals surface area contributed by atoms with Crippen LogP contribution in [0.1, 0.15) is 77.7 Å². The molecule has 3 aromatic carbocycles. The van der Waals surface area contributed by atoms with Gasteiger partial charge in [0.05, 0.1) is 28.4 Å². The average molecular weight is 860 g/mol. The molecule has 0 unspecified atom stereocenters. The number of carbonyl (C=O) groups is 2. The summed E-state index contributed by atoms with van der Waals surface area (Å²) in [7, 11) is 3.58. The van der Waals surface area contributed by atoms with Crippen molar-refractivity contribution in [3.05, 3.63) is 82.7 Å². The molecule has 2 aromatic heterocycles. The Morgan fingerprint density at radius 3 is 2.43 bits per heavy atom. The Hall–Kier alpha value is -5.13. The first-order chi connectivity index (χ1) is 29.3. The Balaban J connectivity index is 0.000000225. The summed E-state index contributed by atoms with van der Waals surface area (Å²) in [5, 5.41) is 7.39. The van der Waals surface area contributed by atoms with Crippen molar-refractivity contribution in [3.8, 4) is 11.5 Å². The number of anilines is 2. The molecule has 2 aliphatic heterocycles. The fraction of sp³-hybridized carbons (Fsp3) is 0.477. The SMILES string of the molecule is CCN(C)SNc1ccc(F)c(Oc2ccc3ncn(C4CC5(CCN(C6CCC(C)CC6)CC5)C4)c(=O)c3c2)c1F.Cn1nc(N2CCC(=O)NC2=O)c2cc(F)ccc21. The third-order valence-corrected chi connectivity index (χ3v) is 13.9.